The number of carbonyl (C=O) groups is 2. The highest BCUT2D eigenvalue weighted by atomic mass is 32.5. The molecule has 3 rings (SSSR count). The van der Waals surface area contributed by atoms with Crippen LogP contribution in [-0.2, 0) is 11.2 Å². The Morgan fingerprint density at radius 2 is 1.63 bits per heavy atom. The molecule has 0 atom stereocenters. The molecule has 3 aromatic rings. The maximum atomic E-state index is 12.8. The molecule has 2 amide bonds. The van der Waals surface area contributed by atoms with Crippen LogP contribution in [-0.4, -0.2) is 17.0 Å². The summed E-state index contributed by atoms with van der Waals surface area (Å²) in [7, 11) is -9.79. The number of carbonyl (C=O) groups excluding carboxylic acids is 2. The van der Waals surface area contributed by atoms with Crippen LogP contribution in [0.4, 0.5) is 25.1 Å². The molecule has 0 aliphatic rings. The molecule has 1 aromatic heterocycles. The molecule has 0 radical (unpaired) electrons. The number of rotatable bonds is 6. The Hall–Kier alpha value is -2.70. The van der Waals surface area contributed by atoms with Gasteiger partial charge in [-0.25, -0.2) is 5.48 Å². The summed E-state index contributed by atoms with van der Waals surface area (Å²) in [4.78, 5) is 22.2. The van der Waals surface area contributed by atoms with Crippen molar-refractivity contribution in [2.24, 2.45) is 0 Å². The number of fused-ring (bicyclic) bond motifs is 1. The normalized spacial score (nSPS) is 14.1. The first-order chi connectivity index (χ1) is 13.7. The first-order valence-corrected chi connectivity index (χ1v) is 11.1. The van der Waals surface area contributed by atoms with Gasteiger partial charge in [-0.3, -0.25) is 14.8 Å². The number of halogens is 5. The van der Waals surface area contributed by atoms with E-state index in [1.54, 1.807) is 23.7 Å². The van der Waals surface area contributed by atoms with E-state index in [1.807, 2.05) is 6.07 Å². The number of hydrogen-bond donors (Lipinski definition) is 3. The summed E-state index contributed by atoms with van der Waals surface area (Å²) < 4.78 is 64.7. The number of anilines is 1. The van der Waals surface area contributed by atoms with E-state index in [1.165, 1.54) is 11.3 Å². The van der Waals surface area contributed by atoms with Crippen molar-refractivity contribution in [3.63, 3.8) is 0 Å². The largest absolute Gasteiger partial charge is 0.322 e. The number of hydrogen-bond acceptors (Lipinski definition) is 4. The molecule has 0 bridgehead atoms. The van der Waals surface area contributed by atoms with E-state index in [2.05, 4.69) is 5.32 Å². The lowest BCUT2D eigenvalue weighted by atomic mass is 10.2. The molecule has 0 saturated carbocycles. The zero-order valence-corrected chi connectivity index (χ0v) is 16.6. The van der Waals surface area contributed by atoms with Crippen LogP contribution in [0.15, 0.2) is 53.4 Å². The van der Waals surface area contributed by atoms with Gasteiger partial charge in [0.1, 0.15) is 4.90 Å². The van der Waals surface area contributed by atoms with Crippen LogP contribution in [0.2, 0.25) is 0 Å². The SMILES string of the molecule is O=C(CCc1cc2cc(NC(=O)c3ccc(S(F)(F)(F)(F)F)cc3)ccc2s1)NO. The van der Waals surface area contributed by atoms with E-state index in [4.69, 9.17) is 5.21 Å². The maximum absolute atomic E-state index is 12.8. The summed E-state index contributed by atoms with van der Waals surface area (Å²) in [5.41, 5.74) is 1.70. The van der Waals surface area contributed by atoms with Crippen molar-refractivity contribution in [3.05, 3.63) is 59.0 Å². The monoisotopic (exact) mass is 466 g/mol. The average molecular weight is 466 g/mol. The minimum Gasteiger partial charge on any atom is -0.322 e. The molecule has 2 aromatic carbocycles. The summed E-state index contributed by atoms with van der Waals surface area (Å²) in [5, 5.41) is 11.8. The lowest BCUT2D eigenvalue weighted by Crippen LogP contribution is -2.18. The van der Waals surface area contributed by atoms with Gasteiger partial charge in [0.25, 0.3) is 5.91 Å². The average Bonchev–Trinajstić information content (AvgIpc) is 3.06. The van der Waals surface area contributed by atoms with Crippen molar-refractivity contribution < 1.29 is 34.2 Å². The first kappa shape index (κ1) is 22.0. The highest BCUT2D eigenvalue weighted by molar-refractivity contribution is 8.45. The fourth-order valence-corrected chi connectivity index (χ4v) is 4.35. The standard InChI is InChI=1S/C18H15F5N2O3S2/c19-30(20,21,22,23)15-5-1-11(2-6-15)18(27)24-13-3-7-16-12(9-13)10-14(29-16)4-8-17(26)25-28/h1-3,5-7,9-10,28H,4,8H2,(H,24,27)(H,25,26). The Labute approximate surface area is 171 Å². The molecule has 0 aliphatic heterocycles. The molecule has 1 heterocycles. The summed E-state index contributed by atoms with van der Waals surface area (Å²) >= 11 is 1.43. The van der Waals surface area contributed by atoms with E-state index in [0.717, 1.165) is 15.0 Å². The van der Waals surface area contributed by atoms with Gasteiger partial charge in [-0.05, 0) is 60.3 Å². The smallest absolute Gasteiger partial charge is 0.310 e. The van der Waals surface area contributed by atoms with Gasteiger partial charge in [0.2, 0.25) is 5.91 Å². The minimum absolute atomic E-state index is 0.0991. The minimum atomic E-state index is -9.79. The van der Waals surface area contributed by atoms with Gasteiger partial charge in [0, 0.05) is 27.2 Å². The number of benzene rings is 2. The molecule has 162 valence electrons. The van der Waals surface area contributed by atoms with E-state index >= 15 is 0 Å². The van der Waals surface area contributed by atoms with E-state index in [9.17, 15) is 29.0 Å². The van der Waals surface area contributed by atoms with Crippen molar-refractivity contribution in [2.45, 2.75) is 17.7 Å². The molecule has 0 fully saturated rings. The Kier molecular flexibility index (Phi) is 5.08. The fraction of sp³-hybridized carbons (Fsp3) is 0.111. The summed E-state index contributed by atoms with van der Waals surface area (Å²) in [5.74, 6) is -1.27. The van der Waals surface area contributed by atoms with Crippen molar-refractivity contribution in [2.75, 3.05) is 5.32 Å². The second-order valence-corrected chi connectivity index (χ2v) is 10.0. The van der Waals surface area contributed by atoms with Crippen molar-refractivity contribution in [3.8, 4) is 0 Å². The summed E-state index contributed by atoms with van der Waals surface area (Å²) in [6.07, 6.45) is 0.508. The molecule has 5 nitrogen and oxygen atoms in total. The number of nitrogens with one attached hydrogen (secondary N) is 2. The van der Waals surface area contributed by atoms with Crippen LogP contribution in [0.25, 0.3) is 10.1 Å². The lowest BCUT2D eigenvalue weighted by Gasteiger charge is -2.40. The Morgan fingerprint density at radius 3 is 2.23 bits per heavy atom. The molecular formula is C18H15F5N2O3S2. The van der Waals surface area contributed by atoms with Crippen LogP contribution in [0, 0.1) is 0 Å². The van der Waals surface area contributed by atoms with Gasteiger partial charge in [-0.1, -0.05) is 19.4 Å². The summed E-state index contributed by atoms with van der Waals surface area (Å²) in [6, 6.07) is 8.52. The number of amides is 2. The fourth-order valence-electron chi connectivity index (χ4n) is 2.66. The van der Waals surface area contributed by atoms with Crippen molar-refractivity contribution in [1.82, 2.24) is 5.48 Å². The molecule has 12 heteroatoms. The Balaban J connectivity index is 1.74. The Bertz CT molecular complexity index is 1130. The molecule has 3 N–H and O–H groups in total. The van der Waals surface area contributed by atoms with E-state index in [-0.39, 0.29) is 24.1 Å². The molecule has 0 spiro atoms. The van der Waals surface area contributed by atoms with Gasteiger partial charge in [-0.15, -0.1) is 11.3 Å². The highest BCUT2D eigenvalue weighted by Crippen LogP contribution is 3.02. The second-order valence-electron chi connectivity index (χ2n) is 6.45. The third-order valence-corrected chi connectivity index (χ3v) is 6.45. The maximum Gasteiger partial charge on any atom is 0.310 e. The van der Waals surface area contributed by atoms with E-state index in [0.29, 0.717) is 24.2 Å². The first-order valence-electron chi connectivity index (χ1n) is 8.36. The van der Waals surface area contributed by atoms with Crippen LogP contribution in [0.5, 0.6) is 0 Å². The number of thiophene rings is 1. The topological polar surface area (TPSA) is 78.4 Å². The van der Waals surface area contributed by atoms with Crippen LogP contribution in [0.1, 0.15) is 21.7 Å². The molecule has 0 saturated heterocycles. The van der Waals surface area contributed by atoms with Gasteiger partial charge in [0.15, 0.2) is 0 Å². The quantitative estimate of drug-likeness (QED) is 0.228. The van der Waals surface area contributed by atoms with Crippen LogP contribution >= 0.6 is 21.6 Å². The van der Waals surface area contributed by atoms with Gasteiger partial charge >= 0.3 is 10.2 Å². The zero-order chi connectivity index (χ0) is 22.2. The van der Waals surface area contributed by atoms with Crippen LogP contribution in [0.3, 0.4) is 0 Å². The zero-order valence-electron chi connectivity index (χ0n) is 15.0. The van der Waals surface area contributed by atoms with Gasteiger partial charge in [-0.2, -0.15) is 0 Å². The molecule has 30 heavy (non-hydrogen) atoms. The number of aryl methyl sites for hydroxylation is 1. The third-order valence-electron chi connectivity index (χ3n) is 4.11. The van der Waals surface area contributed by atoms with E-state index < -0.39 is 26.9 Å². The third kappa shape index (κ3) is 5.26. The summed E-state index contributed by atoms with van der Waals surface area (Å²) in [6.45, 7) is 0. The van der Waals surface area contributed by atoms with Gasteiger partial charge < -0.3 is 5.32 Å². The van der Waals surface area contributed by atoms with Crippen LogP contribution < -0.4 is 10.8 Å². The Morgan fingerprint density at radius 1 is 0.967 bits per heavy atom. The lowest BCUT2D eigenvalue weighted by molar-refractivity contribution is -0.129. The predicted molar refractivity (Wildman–Crippen MR) is 106 cm³/mol. The molecule has 0 aliphatic carbocycles. The highest BCUT2D eigenvalue weighted by Gasteiger charge is 2.65. The number of hydroxylamine groups is 1. The van der Waals surface area contributed by atoms with Crippen molar-refractivity contribution in [1.29, 1.82) is 0 Å². The second kappa shape index (κ2) is 6.93. The van der Waals surface area contributed by atoms with Gasteiger partial charge in [0.05, 0.1) is 0 Å². The molecule has 0 unspecified atom stereocenters. The van der Waals surface area contributed by atoms with Crippen molar-refractivity contribution >= 4 is 49.1 Å². The predicted octanol–water partition coefficient (Wildman–Crippen LogP) is 6.25. The molecular weight excluding hydrogens is 451 g/mol.